The molecule has 1 N–H and O–H groups in total. The maximum absolute atomic E-state index is 13.0. The Balaban J connectivity index is 1.41. The van der Waals surface area contributed by atoms with Gasteiger partial charge in [0.1, 0.15) is 11.5 Å². The third-order valence-corrected chi connectivity index (χ3v) is 5.47. The highest BCUT2D eigenvalue weighted by atomic mass is 35.5. The summed E-state index contributed by atoms with van der Waals surface area (Å²) in [6.45, 7) is 2.00. The number of aromatic nitrogens is 3. The van der Waals surface area contributed by atoms with Crippen LogP contribution in [0.25, 0.3) is 17.1 Å². The standard InChI is InChI=1S/C28H21ClN4O2/c1-19-7-5-10-23(17-19)33-27(20-8-6-9-21(29)18-20)31-26(32-33)28(34)30-22-13-15-25(16-14-22)35-24-11-3-2-4-12-24/h2-18H,1H3,(H,30,34). The second-order valence-corrected chi connectivity index (χ2v) is 8.35. The molecule has 0 radical (unpaired) electrons. The number of ether oxygens (including phenoxy) is 1. The largest absolute Gasteiger partial charge is 0.457 e. The van der Waals surface area contributed by atoms with Crippen LogP contribution in [0.3, 0.4) is 0 Å². The van der Waals surface area contributed by atoms with Crippen LogP contribution in [0.5, 0.6) is 11.5 Å². The van der Waals surface area contributed by atoms with Gasteiger partial charge in [-0.25, -0.2) is 9.67 Å². The van der Waals surface area contributed by atoms with E-state index in [1.807, 2.05) is 73.7 Å². The normalized spacial score (nSPS) is 10.7. The Labute approximate surface area is 207 Å². The van der Waals surface area contributed by atoms with E-state index in [1.54, 1.807) is 41.1 Å². The first-order valence-corrected chi connectivity index (χ1v) is 11.4. The minimum atomic E-state index is -0.420. The topological polar surface area (TPSA) is 69.0 Å². The van der Waals surface area contributed by atoms with Crippen molar-refractivity contribution in [2.24, 2.45) is 0 Å². The van der Waals surface area contributed by atoms with E-state index >= 15 is 0 Å². The van der Waals surface area contributed by atoms with Gasteiger partial charge in [0.05, 0.1) is 5.69 Å². The van der Waals surface area contributed by atoms with E-state index < -0.39 is 5.91 Å². The Kier molecular flexibility index (Phi) is 6.28. The van der Waals surface area contributed by atoms with Crippen LogP contribution in [-0.2, 0) is 0 Å². The number of aryl methyl sites for hydroxylation is 1. The third-order valence-electron chi connectivity index (χ3n) is 5.23. The zero-order valence-electron chi connectivity index (χ0n) is 18.9. The molecular formula is C28H21ClN4O2. The smallest absolute Gasteiger partial charge is 0.295 e. The lowest BCUT2D eigenvalue weighted by atomic mass is 10.2. The fourth-order valence-electron chi connectivity index (χ4n) is 3.58. The molecule has 0 aliphatic heterocycles. The molecule has 4 aromatic carbocycles. The van der Waals surface area contributed by atoms with E-state index in [2.05, 4.69) is 15.4 Å². The van der Waals surface area contributed by atoms with Crippen LogP contribution in [0.15, 0.2) is 103 Å². The van der Waals surface area contributed by atoms with Gasteiger partial charge in [0.15, 0.2) is 5.82 Å². The fraction of sp³-hybridized carbons (Fsp3) is 0.0357. The van der Waals surface area contributed by atoms with Gasteiger partial charge < -0.3 is 10.1 Å². The number of hydrogen-bond acceptors (Lipinski definition) is 4. The van der Waals surface area contributed by atoms with Crippen molar-refractivity contribution in [3.05, 3.63) is 120 Å². The second kappa shape index (κ2) is 9.83. The lowest BCUT2D eigenvalue weighted by molar-refractivity contribution is 0.101. The summed E-state index contributed by atoms with van der Waals surface area (Å²) in [4.78, 5) is 17.6. The molecule has 172 valence electrons. The quantitative estimate of drug-likeness (QED) is 0.286. The molecule has 0 atom stereocenters. The molecule has 0 fully saturated rings. The van der Waals surface area contributed by atoms with Crippen LogP contribution in [0.1, 0.15) is 16.2 Å². The number of rotatable bonds is 6. The molecule has 5 rings (SSSR count). The monoisotopic (exact) mass is 480 g/mol. The maximum atomic E-state index is 13.0. The highest BCUT2D eigenvalue weighted by molar-refractivity contribution is 6.30. The van der Waals surface area contributed by atoms with E-state index in [4.69, 9.17) is 16.3 Å². The summed E-state index contributed by atoms with van der Waals surface area (Å²) in [5.74, 6) is 1.56. The molecule has 35 heavy (non-hydrogen) atoms. The number of amides is 1. The predicted octanol–water partition coefficient (Wildman–Crippen LogP) is 6.94. The van der Waals surface area contributed by atoms with Crippen molar-refractivity contribution < 1.29 is 9.53 Å². The van der Waals surface area contributed by atoms with Crippen LogP contribution in [-0.4, -0.2) is 20.7 Å². The number of nitrogens with zero attached hydrogens (tertiary/aromatic N) is 3. The molecule has 0 bridgehead atoms. The number of para-hydroxylation sites is 1. The van der Waals surface area contributed by atoms with E-state index in [-0.39, 0.29) is 5.82 Å². The Hall–Kier alpha value is -4.42. The van der Waals surface area contributed by atoms with Gasteiger partial charge in [-0.3, -0.25) is 4.79 Å². The molecule has 0 aliphatic rings. The second-order valence-electron chi connectivity index (χ2n) is 7.91. The highest BCUT2D eigenvalue weighted by Gasteiger charge is 2.19. The van der Waals surface area contributed by atoms with Gasteiger partial charge in [0, 0.05) is 16.3 Å². The predicted molar refractivity (Wildman–Crippen MR) is 137 cm³/mol. The first-order valence-electron chi connectivity index (χ1n) is 11.0. The number of nitrogens with one attached hydrogen (secondary N) is 1. The maximum Gasteiger partial charge on any atom is 0.295 e. The van der Waals surface area contributed by atoms with E-state index in [0.717, 1.165) is 22.6 Å². The van der Waals surface area contributed by atoms with Crippen molar-refractivity contribution in [2.75, 3.05) is 5.32 Å². The molecule has 1 aromatic heterocycles. The van der Waals surface area contributed by atoms with Gasteiger partial charge in [-0.2, -0.15) is 0 Å². The molecule has 1 heterocycles. The number of benzene rings is 4. The van der Waals surface area contributed by atoms with Crippen LogP contribution in [0.4, 0.5) is 5.69 Å². The van der Waals surface area contributed by atoms with Gasteiger partial charge in [-0.15, -0.1) is 5.10 Å². The molecule has 7 heteroatoms. The van der Waals surface area contributed by atoms with Crippen molar-refractivity contribution in [3.63, 3.8) is 0 Å². The summed E-state index contributed by atoms with van der Waals surface area (Å²) in [5.41, 5.74) is 3.23. The van der Waals surface area contributed by atoms with Crippen LogP contribution < -0.4 is 10.1 Å². The Morgan fingerprint density at radius 1 is 0.857 bits per heavy atom. The van der Waals surface area contributed by atoms with Crippen LogP contribution in [0, 0.1) is 6.92 Å². The molecule has 0 spiro atoms. The zero-order chi connectivity index (χ0) is 24.2. The first-order chi connectivity index (χ1) is 17.0. The van der Waals surface area contributed by atoms with Crippen molar-refractivity contribution in [2.45, 2.75) is 6.92 Å². The Bertz CT molecular complexity index is 1420. The van der Waals surface area contributed by atoms with E-state index in [9.17, 15) is 4.79 Å². The van der Waals surface area contributed by atoms with Gasteiger partial charge in [-0.1, -0.05) is 54.1 Å². The van der Waals surface area contributed by atoms with Crippen LogP contribution in [0.2, 0.25) is 5.02 Å². The van der Waals surface area contributed by atoms with Gasteiger partial charge in [0.25, 0.3) is 5.91 Å². The fourth-order valence-corrected chi connectivity index (χ4v) is 3.77. The first kappa shape index (κ1) is 22.4. The molecule has 0 saturated heterocycles. The number of carbonyl (C=O) groups is 1. The molecule has 0 aliphatic carbocycles. The van der Waals surface area contributed by atoms with Crippen LogP contribution >= 0.6 is 11.6 Å². The van der Waals surface area contributed by atoms with Gasteiger partial charge in [0.2, 0.25) is 5.82 Å². The van der Waals surface area contributed by atoms with Gasteiger partial charge >= 0.3 is 0 Å². The summed E-state index contributed by atoms with van der Waals surface area (Å²) in [7, 11) is 0. The lowest BCUT2D eigenvalue weighted by Crippen LogP contribution is -2.14. The minimum Gasteiger partial charge on any atom is -0.457 e. The van der Waals surface area contributed by atoms with Crippen molar-refractivity contribution in [1.29, 1.82) is 0 Å². The van der Waals surface area contributed by atoms with Gasteiger partial charge in [-0.05, 0) is 73.2 Å². The number of halogens is 1. The Morgan fingerprint density at radius 2 is 1.60 bits per heavy atom. The number of carbonyl (C=O) groups excluding carboxylic acids is 1. The number of hydrogen-bond donors (Lipinski definition) is 1. The van der Waals surface area contributed by atoms with Crippen molar-refractivity contribution in [3.8, 4) is 28.6 Å². The van der Waals surface area contributed by atoms with E-state index in [1.165, 1.54) is 0 Å². The molecule has 5 aromatic rings. The molecule has 1 amide bonds. The zero-order valence-corrected chi connectivity index (χ0v) is 19.6. The average Bonchev–Trinajstić information content (AvgIpc) is 3.32. The number of anilines is 1. The summed E-state index contributed by atoms with van der Waals surface area (Å²) >= 11 is 6.21. The Morgan fingerprint density at radius 3 is 2.34 bits per heavy atom. The summed E-state index contributed by atoms with van der Waals surface area (Å²) < 4.78 is 7.46. The highest BCUT2D eigenvalue weighted by Crippen LogP contribution is 2.26. The van der Waals surface area contributed by atoms with Crippen molar-refractivity contribution in [1.82, 2.24) is 14.8 Å². The molecule has 0 unspecified atom stereocenters. The summed E-state index contributed by atoms with van der Waals surface area (Å²) in [6, 6.07) is 31.8. The SMILES string of the molecule is Cc1cccc(-n2nc(C(=O)Nc3ccc(Oc4ccccc4)cc3)nc2-c2cccc(Cl)c2)c1. The molecule has 6 nitrogen and oxygen atoms in total. The third kappa shape index (κ3) is 5.23. The van der Waals surface area contributed by atoms with E-state index in [0.29, 0.717) is 22.3 Å². The average molecular weight is 481 g/mol. The van der Waals surface area contributed by atoms with Crippen molar-refractivity contribution >= 4 is 23.2 Å². The minimum absolute atomic E-state index is 0.0473. The summed E-state index contributed by atoms with van der Waals surface area (Å²) in [5, 5.41) is 7.95. The molecular weight excluding hydrogens is 460 g/mol. The lowest BCUT2D eigenvalue weighted by Gasteiger charge is -2.07. The molecule has 0 saturated carbocycles. The summed E-state index contributed by atoms with van der Waals surface area (Å²) in [6.07, 6.45) is 0.